The summed E-state index contributed by atoms with van der Waals surface area (Å²) in [6.45, 7) is 3.04. The predicted molar refractivity (Wildman–Crippen MR) is 118 cm³/mol. The molecule has 4 N–H and O–H groups in total. The van der Waals surface area contributed by atoms with Gasteiger partial charge < -0.3 is 15.8 Å². The molecule has 2 aromatic carbocycles. The summed E-state index contributed by atoms with van der Waals surface area (Å²) in [6.07, 6.45) is 1.47. The van der Waals surface area contributed by atoms with E-state index in [9.17, 15) is 4.79 Å². The van der Waals surface area contributed by atoms with Crippen molar-refractivity contribution in [2.24, 2.45) is 11.7 Å². The summed E-state index contributed by atoms with van der Waals surface area (Å²) in [5.74, 6) is 0.984. The minimum atomic E-state index is -0.216. The van der Waals surface area contributed by atoms with E-state index < -0.39 is 0 Å². The molecule has 1 fully saturated rings. The van der Waals surface area contributed by atoms with E-state index in [4.69, 9.17) is 10.5 Å². The van der Waals surface area contributed by atoms with Crippen LogP contribution in [0, 0.1) is 12.8 Å². The van der Waals surface area contributed by atoms with E-state index >= 15 is 0 Å². The summed E-state index contributed by atoms with van der Waals surface area (Å²) in [4.78, 5) is 17.3. The summed E-state index contributed by atoms with van der Waals surface area (Å²) in [5.41, 5.74) is 9.39. The summed E-state index contributed by atoms with van der Waals surface area (Å²) in [7, 11) is 0. The van der Waals surface area contributed by atoms with Crippen LogP contribution in [0.25, 0.3) is 11.4 Å². The lowest BCUT2D eigenvalue weighted by atomic mass is 9.88. The van der Waals surface area contributed by atoms with Gasteiger partial charge in [-0.15, -0.1) is 12.4 Å². The SMILES string of the molecule is Cc1ccc(C2OCCCC2C(=O)Nc2ccc(-c3n[nH]c(CN)n3)cc2)cc1.Cl. The number of aryl methyl sites for hydroxylation is 1. The van der Waals surface area contributed by atoms with Crippen LogP contribution in [0.3, 0.4) is 0 Å². The fraction of sp³-hybridized carbons (Fsp3) is 0.318. The van der Waals surface area contributed by atoms with Crippen molar-refractivity contribution in [3.05, 3.63) is 65.5 Å². The predicted octanol–water partition coefficient (Wildman–Crippen LogP) is 3.77. The Balaban J connectivity index is 0.00000256. The van der Waals surface area contributed by atoms with E-state index in [1.54, 1.807) is 0 Å². The van der Waals surface area contributed by atoms with Gasteiger partial charge >= 0.3 is 0 Å². The van der Waals surface area contributed by atoms with Crippen LogP contribution in [-0.4, -0.2) is 27.7 Å². The number of anilines is 1. The number of ether oxygens (including phenoxy) is 1. The van der Waals surface area contributed by atoms with Crippen molar-refractivity contribution in [1.29, 1.82) is 0 Å². The van der Waals surface area contributed by atoms with E-state index in [0.29, 0.717) is 24.8 Å². The van der Waals surface area contributed by atoms with Gasteiger partial charge in [-0.05, 0) is 49.6 Å². The molecule has 4 rings (SSSR count). The number of aromatic nitrogens is 3. The third-order valence-corrected chi connectivity index (χ3v) is 5.20. The molecule has 0 bridgehead atoms. The fourth-order valence-corrected chi connectivity index (χ4v) is 3.59. The molecular weight excluding hydrogens is 402 g/mol. The van der Waals surface area contributed by atoms with Gasteiger partial charge in [-0.3, -0.25) is 9.89 Å². The van der Waals surface area contributed by atoms with Gasteiger partial charge in [0, 0.05) is 17.9 Å². The second kappa shape index (κ2) is 9.84. The molecule has 1 aliphatic heterocycles. The second-order valence-electron chi connectivity index (χ2n) is 7.33. The zero-order valence-electron chi connectivity index (χ0n) is 16.8. The van der Waals surface area contributed by atoms with Gasteiger partial charge in [0.15, 0.2) is 5.82 Å². The van der Waals surface area contributed by atoms with Gasteiger partial charge in [-0.1, -0.05) is 29.8 Å². The number of nitrogens with two attached hydrogens (primary N) is 1. The molecule has 0 spiro atoms. The monoisotopic (exact) mass is 427 g/mol. The maximum atomic E-state index is 13.0. The van der Waals surface area contributed by atoms with Crippen molar-refractivity contribution in [2.75, 3.05) is 11.9 Å². The topological polar surface area (TPSA) is 106 Å². The number of carbonyl (C=O) groups is 1. The molecular formula is C22H26ClN5O2. The molecule has 3 aromatic rings. The van der Waals surface area contributed by atoms with Crippen molar-refractivity contribution in [1.82, 2.24) is 15.2 Å². The largest absolute Gasteiger partial charge is 0.373 e. The molecule has 0 radical (unpaired) electrons. The molecule has 0 saturated carbocycles. The van der Waals surface area contributed by atoms with Gasteiger partial charge in [-0.25, -0.2) is 4.98 Å². The first-order chi connectivity index (χ1) is 14.1. The molecule has 1 amide bonds. The van der Waals surface area contributed by atoms with Gasteiger partial charge in [0.05, 0.1) is 18.6 Å². The molecule has 30 heavy (non-hydrogen) atoms. The molecule has 158 valence electrons. The maximum absolute atomic E-state index is 13.0. The van der Waals surface area contributed by atoms with E-state index in [1.165, 1.54) is 5.56 Å². The summed E-state index contributed by atoms with van der Waals surface area (Å²) in [6, 6.07) is 15.7. The van der Waals surface area contributed by atoms with Crippen LogP contribution in [0.5, 0.6) is 0 Å². The molecule has 0 aliphatic carbocycles. The molecule has 2 atom stereocenters. The first-order valence-corrected chi connectivity index (χ1v) is 9.85. The van der Waals surface area contributed by atoms with Gasteiger partial charge in [0.25, 0.3) is 0 Å². The van der Waals surface area contributed by atoms with Crippen LogP contribution in [0.2, 0.25) is 0 Å². The lowest BCUT2D eigenvalue weighted by Gasteiger charge is -2.31. The number of amides is 1. The third-order valence-electron chi connectivity index (χ3n) is 5.20. The molecule has 1 aromatic heterocycles. The van der Waals surface area contributed by atoms with Crippen molar-refractivity contribution in [3.8, 4) is 11.4 Å². The van der Waals surface area contributed by atoms with Crippen LogP contribution < -0.4 is 11.1 Å². The number of benzene rings is 2. The first-order valence-electron chi connectivity index (χ1n) is 9.85. The van der Waals surface area contributed by atoms with E-state index in [0.717, 1.165) is 29.7 Å². The fourth-order valence-electron chi connectivity index (χ4n) is 3.59. The minimum Gasteiger partial charge on any atom is -0.373 e. The van der Waals surface area contributed by atoms with E-state index in [1.807, 2.05) is 36.4 Å². The number of nitrogens with one attached hydrogen (secondary N) is 2. The highest BCUT2D eigenvalue weighted by Crippen LogP contribution is 2.34. The number of H-pyrrole nitrogens is 1. The molecule has 1 saturated heterocycles. The summed E-state index contributed by atoms with van der Waals surface area (Å²) >= 11 is 0. The maximum Gasteiger partial charge on any atom is 0.230 e. The highest BCUT2D eigenvalue weighted by atomic mass is 35.5. The number of nitrogens with zero attached hydrogens (tertiary/aromatic N) is 2. The van der Waals surface area contributed by atoms with Crippen molar-refractivity contribution >= 4 is 24.0 Å². The Bertz CT molecular complexity index is 972. The number of halogens is 1. The van der Waals surface area contributed by atoms with Crippen LogP contribution in [-0.2, 0) is 16.1 Å². The summed E-state index contributed by atoms with van der Waals surface area (Å²) in [5, 5.41) is 9.98. The molecule has 1 aliphatic rings. The van der Waals surface area contributed by atoms with Crippen molar-refractivity contribution in [3.63, 3.8) is 0 Å². The quantitative estimate of drug-likeness (QED) is 0.574. The second-order valence-corrected chi connectivity index (χ2v) is 7.33. The minimum absolute atomic E-state index is 0. The Morgan fingerprint density at radius 3 is 2.60 bits per heavy atom. The Hall–Kier alpha value is -2.74. The highest BCUT2D eigenvalue weighted by molar-refractivity contribution is 5.93. The highest BCUT2D eigenvalue weighted by Gasteiger charge is 2.33. The number of rotatable bonds is 5. The normalized spacial score (nSPS) is 18.5. The van der Waals surface area contributed by atoms with Crippen molar-refractivity contribution < 1.29 is 9.53 Å². The van der Waals surface area contributed by atoms with Crippen LogP contribution in [0.4, 0.5) is 5.69 Å². The zero-order valence-corrected chi connectivity index (χ0v) is 17.6. The Morgan fingerprint density at radius 2 is 1.93 bits per heavy atom. The lowest BCUT2D eigenvalue weighted by Crippen LogP contribution is -2.33. The molecule has 2 unspecified atom stereocenters. The average molecular weight is 428 g/mol. The number of hydrogen-bond acceptors (Lipinski definition) is 5. The number of carbonyl (C=O) groups excluding carboxylic acids is 1. The first kappa shape index (κ1) is 22.0. The van der Waals surface area contributed by atoms with E-state index in [-0.39, 0.29) is 30.3 Å². The Morgan fingerprint density at radius 1 is 1.20 bits per heavy atom. The standard InChI is InChI=1S/C22H25N5O2.ClH/c1-14-4-6-15(7-5-14)20-18(3-2-12-29-20)22(28)24-17-10-8-16(9-11-17)21-25-19(13-23)26-27-21;/h4-11,18,20H,2-3,12-13,23H2,1H3,(H,24,28)(H,25,26,27);1H. The van der Waals surface area contributed by atoms with Crippen LogP contribution >= 0.6 is 12.4 Å². The van der Waals surface area contributed by atoms with Crippen LogP contribution in [0.1, 0.15) is 35.9 Å². The Labute approximate surface area is 181 Å². The van der Waals surface area contributed by atoms with Gasteiger partial charge in [0.1, 0.15) is 5.82 Å². The third kappa shape index (κ3) is 4.87. The molecule has 2 heterocycles. The van der Waals surface area contributed by atoms with Crippen LogP contribution in [0.15, 0.2) is 48.5 Å². The molecule has 7 nitrogen and oxygen atoms in total. The number of hydrogen-bond donors (Lipinski definition) is 3. The molecule has 8 heteroatoms. The average Bonchev–Trinajstić information content (AvgIpc) is 3.24. The van der Waals surface area contributed by atoms with Gasteiger partial charge in [0.2, 0.25) is 5.91 Å². The summed E-state index contributed by atoms with van der Waals surface area (Å²) < 4.78 is 5.97. The Kier molecular flexibility index (Phi) is 7.20. The van der Waals surface area contributed by atoms with Crippen molar-refractivity contribution in [2.45, 2.75) is 32.4 Å². The smallest absolute Gasteiger partial charge is 0.230 e. The zero-order chi connectivity index (χ0) is 20.2. The van der Waals surface area contributed by atoms with Gasteiger partial charge in [-0.2, -0.15) is 5.10 Å². The number of aromatic amines is 1. The lowest BCUT2D eigenvalue weighted by molar-refractivity contribution is -0.129. The van der Waals surface area contributed by atoms with E-state index in [2.05, 4.69) is 39.6 Å².